The molecule has 0 aromatic heterocycles. The summed E-state index contributed by atoms with van der Waals surface area (Å²) < 4.78 is 0. The van der Waals surface area contributed by atoms with Crippen molar-refractivity contribution in [3.63, 3.8) is 0 Å². The lowest BCUT2D eigenvalue weighted by atomic mass is 10.1. The first-order valence-corrected chi connectivity index (χ1v) is 10.1. The largest absolute Gasteiger partial charge is 0.350 e. The number of aryl methyl sites for hydroxylation is 1. The van der Waals surface area contributed by atoms with Gasteiger partial charge in [0.25, 0.3) is 11.8 Å². The van der Waals surface area contributed by atoms with Crippen molar-refractivity contribution >= 4 is 29.5 Å². The molecular weight excluding hydrogens is 396 g/mol. The maximum Gasteiger partial charge on any atom is 0.267 e. The Kier molecular flexibility index (Phi) is 7.41. The standard InChI is InChI=1S/C25H23ClN2O2/c1-18-7-11-21(12-8-18)24(29)28-23(17-20-9-13-22(26)14-10-20)25(30)27-16-15-19-5-3-2-4-6-19/h2-14,17H,15-16H2,1H3,(H,27,30)(H,28,29)/b23-17-. The molecule has 5 heteroatoms. The monoisotopic (exact) mass is 418 g/mol. The second kappa shape index (κ2) is 10.4. The van der Waals surface area contributed by atoms with Crippen LogP contribution in [0.15, 0.2) is 84.6 Å². The first kappa shape index (κ1) is 21.3. The summed E-state index contributed by atoms with van der Waals surface area (Å²) >= 11 is 5.94. The van der Waals surface area contributed by atoms with Crippen molar-refractivity contribution in [3.8, 4) is 0 Å². The molecule has 0 saturated heterocycles. The number of carbonyl (C=O) groups excluding carboxylic acids is 2. The maximum atomic E-state index is 12.8. The smallest absolute Gasteiger partial charge is 0.267 e. The average Bonchev–Trinajstić information content (AvgIpc) is 2.76. The Hall–Kier alpha value is -3.37. The zero-order valence-electron chi connectivity index (χ0n) is 16.7. The van der Waals surface area contributed by atoms with Gasteiger partial charge in [-0.3, -0.25) is 9.59 Å². The molecule has 3 aromatic rings. The number of carbonyl (C=O) groups is 2. The highest BCUT2D eigenvalue weighted by Gasteiger charge is 2.14. The fourth-order valence-electron chi connectivity index (χ4n) is 2.84. The van der Waals surface area contributed by atoms with Crippen molar-refractivity contribution in [1.29, 1.82) is 0 Å². The second-order valence-corrected chi connectivity index (χ2v) is 7.36. The van der Waals surface area contributed by atoms with Crippen molar-refractivity contribution < 1.29 is 9.59 Å². The second-order valence-electron chi connectivity index (χ2n) is 6.92. The normalized spacial score (nSPS) is 11.1. The van der Waals surface area contributed by atoms with Crippen LogP contribution in [0.2, 0.25) is 5.02 Å². The Morgan fingerprint density at radius 1 is 0.900 bits per heavy atom. The number of hydrogen-bond acceptors (Lipinski definition) is 2. The number of rotatable bonds is 7. The van der Waals surface area contributed by atoms with E-state index in [9.17, 15) is 9.59 Å². The van der Waals surface area contributed by atoms with Gasteiger partial charge in [0.15, 0.2) is 0 Å². The summed E-state index contributed by atoms with van der Waals surface area (Å²) in [6, 6.07) is 24.1. The molecule has 0 unspecified atom stereocenters. The summed E-state index contributed by atoms with van der Waals surface area (Å²) in [6.45, 7) is 2.41. The third kappa shape index (κ3) is 6.33. The summed E-state index contributed by atoms with van der Waals surface area (Å²) in [5, 5.41) is 6.22. The van der Waals surface area contributed by atoms with Crippen LogP contribution >= 0.6 is 11.6 Å². The number of nitrogens with one attached hydrogen (secondary N) is 2. The van der Waals surface area contributed by atoms with Gasteiger partial charge < -0.3 is 10.6 Å². The van der Waals surface area contributed by atoms with Crippen molar-refractivity contribution in [1.82, 2.24) is 10.6 Å². The van der Waals surface area contributed by atoms with E-state index in [0.717, 1.165) is 16.7 Å². The molecule has 2 N–H and O–H groups in total. The van der Waals surface area contributed by atoms with E-state index in [0.29, 0.717) is 23.6 Å². The van der Waals surface area contributed by atoms with Crippen LogP contribution in [0.25, 0.3) is 6.08 Å². The molecule has 0 heterocycles. The van der Waals surface area contributed by atoms with Crippen LogP contribution in [0.4, 0.5) is 0 Å². The molecule has 3 rings (SSSR count). The molecule has 0 aliphatic carbocycles. The Labute approximate surface area is 181 Å². The summed E-state index contributed by atoms with van der Waals surface area (Å²) in [4.78, 5) is 25.5. The zero-order chi connectivity index (χ0) is 21.3. The SMILES string of the molecule is Cc1ccc(C(=O)N/C(=C\c2ccc(Cl)cc2)C(=O)NCCc2ccccc2)cc1. The minimum Gasteiger partial charge on any atom is -0.350 e. The molecule has 0 radical (unpaired) electrons. The van der Waals surface area contributed by atoms with Gasteiger partial charge in [-0.15, -0.1) is 0 Å². The highest BCUT2D eigenvalue weighted by molar-refractivity contribution is 6.30. The van der Waals surface area contributed by atoms with Gasteiger partial charge in [0, 0.05) is 17.1 Å². The van der Waals surface area contributed by atoms with Gasteiger partial charge >= 0.3 is 0 Å². The van der Waals surface area contributed by atoms with Gasteiger partial charge in [0.05, 0.1) is 0 Å². The molecule has 4 nitrogen and oxygen atoms in total. The molecule has 0 spiro atoms. The number of benzene rings is 3. The van der Waals surface area contributed by atoms with E-state index in [2.05, 4.69) is 10.6 Å². The van der Waals surface area contributed by atoms with Gasteiger partial charge in [0.1, 0.15) is 5.70 Å². The Bertz CT molecular complexity index is 1030. The van der Waals surface area contributed by atoms with Crippen molar-refractivity contribution in [3.05, 3.63) is 112 Å². The lowest BCUT2D eigenvalue weighted by Crippen LogP contribution is -2.35. The van der Waals surface area contributed by atoms with Gasteiger partial charge in [-0.1, -0.05) is 71.8 Å². The van der Waals surface area contributed by atoms with Crippen LogP contribution in [-0.2, 0) is 11.2 Å². The van der Waals surface area contributed by atoms with Crippen LogP contribution in [0, 0.1) is 6.92 Å². The molecule has 2 amide bonds. The minimum absolute atomic E-state index is 0.177. The molecular formula is C25H23ClN2O2. The lowest BCUT2D eigenvalue weighted by Gasteiger charge is -2.12. The van der Waals surface area contributed by atoms with Gasteiger partial charge in [0.2, 0.25) is 0 Å². The van der Waals surface area contributed by atoms with Crippen LogP contribution < -0.4 is 10.6 Å². The van der Waals surface area contributed by atoms with Crippen LogP contribution in [-0.4, -0.2) is 18.4 Å². The topological polar surface area (TPSA) is 58.2 Å². The van der Waals surface area contributed by atoms with E-state index in [-0.39, 0.29) is 17.5 Å². The summed E-state index contributed by atoms with van der Waals surface area (Å²) in [5.74, 6) is -0.685. The highest BCUT2D eigenvalue weighted by atomic mass is 35.5. The van der Waals surface area contributed by atoms with Crippen molar-refractivity contribution in [2.45, 2.75) is 13.3 Å². The Morgan fingerprint density at radius 2 is 1.57 bits per heavy atom. The lowest BCUT2D eigenvalue weighted by molar-refractivity contribution is -0.117. The molecule has 152 valence electrons. The van der Waals surface area contributed by atoms with Crippen LogP contribution in [0.3, 0.4) is 0 Å². The fraction of sp³-hybridized carbons (Fsp3) is 0.120. The molecule has 0 fully saturated rings. The summed E-state index contributed by atoms with van der Waals surface area (Å²) in [7, 11) is 0. The molecule has 0 atom stereocenters. The van der Waals surface area contributed by atoms with E-state index in [1.807, 2.05) is 49.4 Å². The van der Waals surface area contributed by atoms with E-state index < -0.39 is 0 Å². The predicted molar refractivity (Wildman–Crippen MR) is 121 cm³/mol. The number of amides is 2. The number of halogens is 1. The van der Waals surface area contributed by atoms with Gasteiger partial charge in [-0.2, -0.15) is 0 Å². The van der Waals surface area contributed by atoms with E-state index >= 15 is 0 Å². The van der Waals surface area contributed by atoms with E-state index in [1.165, 1.54) is 0 Å². The third-order valence-corrected chi connectivity index (χ3v) is 4.78. The third-order valence-electron chi connectivity index (χ3n) is 4.53. The van der Waals surface area contributed by atoms with Crippen molar-refractivity contribution in [2.75, 3.05) is 6.54 Å². The Morgan fingerprint density at radius 3 is 2.23 bits per heavy atom. The highest BCUT2D eigenvalue weighted by Crippen LogP contribution is 2.13. The fourth-order valence-corrected chi connectivity index (χ4v) is 2.97. The zero-order valence-corrected chi connectivity index (χ0v) is 17.4. The first-order chi connectivity index (χ1) is 14.5. The molecule has 0 saturated carbocycles. The average molecular weight is 419 g/mol. The molecule has 0 bridgehead atoms. The van der Waals surface area contributed by atoms with E-state index in [4.69, 9.17) is 11.6 Å². The Balaban J connectivity index is 1.74. The van der Waals surface area contributed by atoms with Crippen LogP contribution in [0.1, 0.15) is 27.0 Å². The summed E-state index contributed by atoms with van der Waals surface area (Å²) in [5.41, 5.74) is 3.61. The quantitative estimate of drug-likeness (QED) is 0.542. The predicted octanol–water partition coefficient (Wildman–Crippen LogP) is 4.78. The van der Waals surface area contributed by atoms with Crippen molar-refractivity contribution in [2.24, 2.45) is 0 Å². The first-order valence-electron chi connectivity index (χ1n) is 9.69. The van der Waals surface area contributed by atoms with Gasteiger partial charge in [-0.25, -0.2) is 0 Å². The van der Waals surface area contributed by atoms with Gasteiger partial charge in [-0.05, 0) is 54.8 Å². The molecule has 0 aliphatic heterocycles. The van der Waals surface area contributed by atoms with E-state index in [1.54, 1.807) is 42.5 Å². The molecule has 30 heavy (non-hydrogen) atoms. The minimum atomic E-state index is -0.346. The number of hydrogen-bond donors (Lipinski definition) is 2. The van der Waals surface area contributed by atoms with Crippen LogP contribution in [0.5, 0.6) is 0 Å². The maximum absolute atomic E-state index is 12.8. The summed E-state index contributed by atoms with van der Waals surface area (Å²) in [6.07, 6.45) is 2.34. The molecule has 0 aliphatic rings. The molecule has 3 aromatic carbocycles.